The molecule has 0 spiro atoms. The number of esters is 2. The van der Waals surface area contributed by atoms with Gasteiger partial charge in [-0.15, -0.1) is 6.58 Å². The topological polar surface area (TPSA) is 186 Å². The van der Waals surface area contributed by atoms with Gasteiger partial charge in [0.15, 0.2) is 12.4 Å². The van der Waals surface area contributed by atoms with Crippen LogP contribution in [0.15, 0.2) is 12.7 Å². The van der Waals surface area contributed by atoms with Gasteiger partial charge in [-0.3, -0.25) is 14.1 Å². The van der Waals surface area contributed by atoms with Crippen molar-refractivity contribution in [3.63, 3.8) is 0 Å². The molecule has 0 bridgehead atoms. The van der Waals surface area contributed by atoms with E-state index < -0.39 is 71.2 Å². The van der Waals surface area contributed by atoms with Crippen LogP contribution in [0.1, 0.15) is 225 Å². The van der Waals surface area contributed by atoms with E-state index in [0.717, 1.165) is 44.9 Å². The first-order valence-electron chi connectivity index (χ1n) is 24.7. The summed E-state index contributed by atoms with van der Waals surface area (Å²) < 4.78 is 54.2. The summed E-state index contributed by atoms with van der Waals surface area (Å²) in [5.41, 5.74) is 0. The average molecular weight is 891 g/mol. The van der Waals surface area contributed by atoms with Crippen molar-refractivity contribution in [2.24, 2.45) is 0 Å². The molecule has 0 aromatic heterocycles. The molecule has 0 amide bonds. The van der Waals surface area contributed by atoms with Gasteiger partial charge in [0, 0.05) is 12.8 Å². The van der Waals surface area contributed by atoms with Crippen LogP contribution in [0.4, 0.5) is 0 Å². The number of unbranched alkanes of at least 4 members (excludes halogenated alkanes) is 30. The molecule has 1 aliphatic heterocycles. The number of hydrogen-bond acceptors (Lipinski definition) is 11. The molecular weight excluding hydrogens is 801 g/mol. The van der Waals surface area contributed by atoms with E-state index >= 15 is 0 Å². The summed E-state index contributed by atoms with van der Waals surface area (Å²) in [7, 11) is -4.60. The zero-order valence-corrected chi connectivity index (χ0v) is 39.2. The lowest BCUT2D eigenvalue weighted by atomic mass is 10.00. The van der Waals surface area contributed by atoms with Crippen LogP contribution in [0.3, 0.4) is 0 Å². The number of carbonyl (C=O) groups is 2. The maximum atomic E-state index is 12.8. The van der Waals surface area contributed by atoms with Crippen molar-refractivity contribution in [3.05, 3.63) is 12.7 Å². The van der Waals surface area contributed by atoms with Gasteiger partial charge in [0.2, 0.25) is 0 Å². The highest BCUT2D eigenvalue weighted by atomic mass is 32.2. The van der Waals surface area contributed by atoms with Crippen LogP contribution >= 0.6 is 0 Å². The minimum Gasteiger partial charge on any atom is -0.462 e. The summed E-state index contributed by atoms with van der Waals surface area (Å²) in [6, 6.07) is 0. The van der Waals surface area contributed by atoms with E-state index in [1.165, 1.54) is 148 Å². The van der Waals surface area contributed by atoms with Crippen molar-refractivity contribution in [2.45, 2.75) is 262 Å². The predicted molar refractivity (Wildman–Crippen MR) is 243 cm³/mol. The molecule has 4 N–H and O–H groups in total. The van der Waals surface area contributed by atoms with Crippen molar-refractivity contribution in [1.82, 2.24) is 0 Å². The van der Waals surface area contributed by atoms with E-state index in [1.54, 1.807) is 0 Å². The van der Waals surface area contributed by atoms with E-state index in [1.807, 2.05) is 6.08 Å². The molecule has 2 unspecified atom stereocenters. The van der Waals surface area contributed by atoms with Gasteiger partial charge in [0.05, 0.1) is 6.61 Å². The van der Waals surface area contributed by atoms with Crippen LogP contribution in [0.5, 0.6) is 0 Å². The molecule has 0 saturated carbocycles. The molecule has 61 heavy (non-hydrogen) atoms. The Morgan fingerprint density at radius 1 is 0.574 bits per heavy atom. The summed E-state index contributed by atoms with van der Waals surface area (Å²) in [4.78, 5) is 25.5. The monoisotopic (exact) mass is 891 g/mol. The number of aliphatic hydroxyl groups excluding tert-OH is 3. The van der Waals surface area contributed by atoms with Crippen LogP contribution in [-0.2, 0) is 38.7 Å². The normalized spacial score (nSPS) is 19.8. The van der Waals surface area contributed by atoms with Gasteiger partial charge in [-0.05, 0) is 25.7 Å². The largest absolute Gasteiger partial charge is 0.462 e. The van der Waals surface area contributed by atoms with Gasteiger partial charge < -0.3 is 34.3 Å². The number of ether oxygens (including phenoxy) is 4. The third kappa shape index (κ3) is 33.6. The van der Waals surface area contributed by atoms with E-state index in [4.69, 9.17) is 18.9 Å². The van der Waals surface area contributed by atoms with E-state index in [2.05, 4.69) is 13.5 Å². The summed E-state index contributed by atoms with van der Waals surface area (Å²) in [6.45, 7) is 5.32. The minimum absolute atomic E-state index is 0.167. The lowest BCUT2D eigenvalue weighted by Crippen LogP contribution is -2.60. The van der Waals surface area contributed by atoms with E-state index in [-0.39, 0.29) is 19.4 Å². The molecule has 1 heterocycles. The molecule has 0 radical (unpaired) electrons. The Hall–Kier alpha value is -1.61. The highest BCUT2D eigenvalue weighted by Crippen LogP contribution is 2.24. The Morgan fingerprint density at radius 3 is 1.38 bits per heavy atom. The van der Waals surface area contributed by atoms with Crippen molar-refractivity contribution in [3.8, 4) is 0 Å². The second kappa shape index (κ2) is 38.8. The van der Waals surface area contributed by atoms with Crippen molar-refractivity contribution in [1.29, 1.82) is 0 Å². The first-order chi connectivity index (χ1) is 29.5. The number of rotatable bonds is 43. The van der Waals surface area contributed by atoms with Crippen LogP contribution in [0, 0.1) is 0 Å². The fourth-order valence-electron chi connectivity index (χ4n) is 7.89. The van der Waals surface area contributed by atoms with E-state index in [0.29, 0.717) is 12.8 Å². The number of carbonyl (C=O) groups excluding carboxylic acids is 2. The van der Waals surface area contributed by atoms with Gasteiger partial charge in [-0.1, -0.05) is 193 Å². The second-order valence-electron chi connectivity index (χ2n) is 17.6. The molecule has 6 atom stereocenters. The molecule has 1 aliphatic rings. The van der Waals surface area contributed by atoms with Crippen molar-refractivity contribution < 1.29 is 56.8 Å². The maximum absolute atomic E-state index is 12.8. The molecule has 1 rings (SSSR count). The first-order valence-corrected chi connectivity index (χ1v) is 26.3. The van der Waals surface area contributed by atoms with Crippen molar-refractivity contribution in [2.75, 3.05) is 19.0 Å². The molecule has 13 heteroatoms. The smallest absolute Gasteiger partial charge is 0.306 e. The van der Waals surface area contributed by atoms with Crippen LogP contribution < -0.4 is 0 Å². The Morgan fingerprint density at radius 2 is 0.967 bits per heavy atom. The zero-order chi connectivity index (χ0) is 44.8. The lowest BCUT2D eigenvalue weighted by Gasteiger charge is -2.40. The Labute approximate surface area is 371 Å². The standard InChI is InChI=1S/C48H90O12S/c1-3-5-7-9-11-13-15-17-19-20-21-23-24-26-28-30-32-34-36-43(49)57-38-41(39-58-48-47(53)46(52)45(51)42(60-48)40-61(54,55)56)59-44(50)37-35-33-31-29-27-25-22-18-16-14-12-10-8-6-4-2/h4,41-42,45-48,51-53H,2-3,5-40H2,1H3,(H,54,55,56)/t41-,42-,45-,46?,47?,48+/m1/s1. The molecule has 0 aromatic carbocycles. The highest BCUT2D eigenvalue weighted by Gasteiger charge is 2.46. The second-order valence-corrected chi connectivity index (χ2v) is 19.1. The summed E-state index contributed by atoms with van der Waals surface area (Å²) in [6.07, 6.45) is 31.4. The average Bonchev–Trinajstić information content (AvgIpc) is 3.22. The van der Waals surface area contributed by atoms with Gasteiger partial charge in [-0.25, -0.2) is 0 Å². The fourth-order valence-corrected chi connectivity index (χ4v) is 8.59. The number of aliphatic hydroxyl groups is 3. The van der Waals surface area contributed by atoms with Crippen LogP contribution in [0.25, 0.3) is 0 Å². The van der Waals surface area contributed by atoms with Crippen molar-refractivity contribution >= 4 is 22.1 Å². The zero-order valence-electron chi connectivity index (χ0n) is 38.4. The molecule has 1 saturated heterocycles. The van der Waals surface area contributed by atoms with Gasteiger partial charge in [-0.2, -0.15) is 8.42 Å². The van der Waals surface area contributed by atoms with Crippen LogP contribution in [-0.4, -0.2) is 96.0 Å². The number of hydrogen-bond donors (Lipinski definition) is 4. The van der Waals surface area contributed by atoms with Gasteiger partial charge >= 0.3 is 11.9 Å². The third-order valence-electron chi connectivity index (χ3n) is 11.7. The first kappa shape index (κ1) is 57.4. The van der Waals surface area contributed by atoms with Gasteiger partial charge in [0.1, 0.15) is 36.8 Å². The molecule has 12 nitrogen and oxygen atoms in total. The molecule has 360 valence electrons. The number of allylic oxidation sites excluding steroid dienone is 1. The summed E-state index contributed by atoms with van der Waals surface area (Å²) in [5, 5.41) is 30.9. The maximum Gasteiger partial charge on any atom is 0.306 e. The molecule has 0 aromatic rings. The van der Waals surface area contributed by atoms with Crippen LogP contribution in [0.2, 0.25) is 0 Å². The highest BCUT2D eigenvalue weighted by molar-refractivity contribution is 7.85. The van der Waals surface area contributed by atoms with E-state index in [9.17, 15) is 37.9 Å². The van der Waals surface area contributed by atoms with Gasteiger partial charge in [0.25, 0.3) is 10.1 Å². The quantitative estimate of drug-likeness (QED) is 0.0197. The molecule has 0 aliphatic carbocycles. The Bertz CT molecular complexity index is 1170. The SMILES string of the molecule is C=CCCCCCCCCCCCCCCCC(=O)O[C@H](COC(=O)CCCCCCCCCCCCCCCCCCCC)CO[C@H]1O[C@H](CS(=O)(=O)O)[C@@H](O)C(O)C1O. The summed E-state index contributed by atoms with van der Waals surface area (Å²) in [5.74, 6) is -1.97. The molecular formula is C48H90O12S. The minimum atomic E-state index is -4.60. The molecule has 1 fully saturated rings. The lowest BCUT2D eigenvalue weighted by molar-refractivity contribution is -0.297. The third-order valence-corrected chi connectivity index (χ3v) is 12.5. The predicted octanol–water partition coefficient (Wildman–Crippen LogP) is 10.6. The fraction of sp³-hybridized carbons (Fsp3) is 0.917. The summed E-state index contributed by atoms with van der Waals surface area (Å²) >= 11 is 0. The Balaban J connectivity index is 2.37. The Kier molecular flexibility index (Phi) is 36.5.